The van der Waals surface area contributed by atoms with Crippen molar-refractivity contribution in [3.8, 4) is 34.1 Å². The van der Waals surface area contributed by atoms with E-state index in [2.05, 4.69) is 25.6 Å². The minimum Gasteiger partial charge on any atom is -0.618 e. The molecule has 2 heterocycles. The zero-order valence-electron chi connectivity index (χ0n) is 19.4. The first kappa shape index (κ1) is 22.9. The van der Waals surface area contributed by atoms with Gasteiger partial charge >= 0.3 is 5.97 Å². The summed E-state index contributed by atoms with van der Waals surface area (Å²) in [6.45, 7) is 2.03. The van der Waals surface area contributed by atoms with Gasteiger partial charge in [-0.1, -0.05) is 55.8 Å². The number of benzene rings is 3. The lowest BCUT2D eigenvalue weighted by atomic mass is 9.99. The minimum atomic E-state index is -1.16. The van der Waals surface area contributed by atoms with E-state index in [9.17, 15) is 15.1 Å². The monoisotopic (exact) mass is 482 g/mol. The third-order valence-corrected chi connectivity index (χ3v) is 5.83. The van der Waals surface area contributed by atoms with Gasteiger partial charge in [-0.15, -0.1) is 10.2 Å². The number of fused-ring (bicyclic) bond motifs is 1. The SMILES string of the molecule is CCCCc1c(Oc2ccc(-c3ccccc3-c3nn[nH]n3)cc2)nc2c(C(=O)O)cccc2[n+]1[O-]. The van der Waals surface area contributed by atoms with Crippen LogP contribution in [0.5, 0.6) is 11.6 Å². The second-order valence-corrected chi connectivity index (χ2v) is 8.15. The molecule has 5 rings (SSSR count). The first-order valence-electron chi connectivity index (χ1n) is 11.5. The standard InChI is InChI=1S/C26H22N6O4/c1-2-3-10-22-25(27-23-20(26(33)34)9-6-11-21(23)32(22)35)36-17-14-12-16(13-15-17)18-7-4-5-8-19(18)24-28-30-31-29-24/h4-9,11-15H,2-3,10H2,1H3,(H,33,34)(H,28,29,30,31). The summed E-state index contributed by atoms with van der Waals surface area (Å²) in [6.07, 6.45) is 2.09. The molecule has 0 bridgehead atoms. The molecule has 10 heteroatoms. The van der Waals surface area contributed by atoms with E-state index in [-0.39, 0.29) is 22.5 Å². The van der Waals surface area contributed by atoms with Crippen LogP contribution in [0.3, 0.4) is 0 Å². The molecular weight excluding hydrogens is 460 g/mol. The van der Waals surface area contributed by atoms with Crippen LogP contribution in [0, 0.1) is 5.21 Å². The highest BCUT2D eigenvalue weighted by Gasteiger charge is 2.24. The number of ether oxygens (including phenoxy) is 1. The molecule has 0 radical (unpaired) electrons. The molecule has 0 saturated heterocycles. The summed E-state index contributed by atoms with van der Waals surface area (Å²) in [5, 5.41) is 37.1. The summed E-state index contributed by atoms with van der Waals surface area (Å²) in [5.74, 6) is -0.112. The van der Waals surface area contributed by atoms with Crippen LogP contribution < -0.4 is 9.47 Å². The number of nitrogens with one attached hydrogen (secondary N) is 1. The molecule has 0 aliphatic carbocycles. The third kappa shape index (κ3) is 4.31. The van der Waals surface area contributed by atoms with Crippen LogP contribution in [0.15, 0.2) is 66.7 Å². The minimum absolute atomic E-state index is 0.0580. The molecule has 0 fully saturated rings. The van der Waals surface area contributed by atoms with Crippen molar-refractivity contribution >= 4 is 17.0 Å². The smallest absolute Gasteiger partial charge is 0.338 e. The highest BCUT2D eigenvalue weighted by molar-refractivity contribution is 6.00. The molecule has 0 aliphatic heterocycles. The van der Waals surface area contributed by atoms with Crippen LogP contribution in [0.25, 0.3) is 33.5 Å². The number of carboxylic acids is 1. The predicted molar refractivity (Wildman–Crippen MR) is 131 cm³/mol. The Morgan fingerprint density at radius 2 is 1.83 bits per heavy atom. The number of carboxylic acid groups (broad SMARTS) is 1. The molecule has 0 saturated carbocycles. The quantitative estimate of drug-likeness (QED) is 0.242. The molecule has 2 aromatic heterocycles. The number of H-pyrrole nitrogens is 1. The van der Waals surface area contributed by atoms with Gasteiger partial charge in [0.2, 0.25) is 11.3 Å². The summed E-state index contributed by atoms with van der Waals surface area (Å²) in [5.41, 5.74) is 3.24. The molecule has 2 N–H and O–H groups in total. The van der Waals surface area contributed by atoms with Gasteiger partial charge in [-0.3, -0.25) is 0 Å². The lowest BCUT2D eigenvalue weighted by molar-refractivity contribution is -0.586. The molecule has 3 aromatic carbocycles. The fraction of sp³-hybridized carbons (Fsp3) is 0.154. The number of rotatable bonds is 8. The Labute approximate surface area is 205 Å². The van der Waals surface area contributed by atoms with Crippen LogP contribution in [-0.4, -0.2) is 36.7 Å². The number of tetrazole rings is 1. The maximum Gasteiger partial charge on any atom is 0.338 e. The number of para-hydroxylation sites is 1. The second kappa shape index (κ2) is 9.79. The molecule has 0 amide bonds. The number of hydrogen-bond acceptors (Lipinski definition) is 7. The summed E-state index contributed by atoms with van der Waals surface area (Å²) in [7, 11) is 0. The Hall–Kier alpha value is -4.86. The van der Waals surface area contributed by atoms with Crippen molar-refractivity contribution in [1.29, 1.82) is 0 Å². The van der Waals surface area contributed by atoms with Crippen LogP contribution in [0.4, 0.5) is 0 Å². The van der Waals surface area contributed by atoms with Crippen molar-refractivity contribution in [3.05, 3.63) is 83.2 Å². The fourth-order valence-electron chi connectivity index (χ4n) is 4.04. The van der Waals surface area contributed by atoms with Gasteiger partial charge in [-0.05, 0) is 41.0 Å². The van der Waals surface area contributed by atoms with Crippen molar-refractivity contribution in [1.82, 2.24) is 25.6 Å². The Morgan fingerprint density at radius 1 is 1.06 bits per heavy atom. The molecule has 36 heavy (non-hydrogen) atoms. The van der Waals surface area contributed by atoms with E-state index in [1.54, 1.807) is 18.2 Å². The van der Waals surface area contributed by atoms with Gasteiger partial charge in [0.25, 0.3) is 11.6 Å². The van der Waals surface area contributed by atoms with Crippen LogP contribution in [0.2, 0.25) is 0 Å². The van der Waals surface area contributed by atoms with E-state index in [1.807, 2.05) is 43.3 Å². The van der Waals surface area contributed by atoms with E-state index in [1.165, 1.54) is 12.1 Å². The van der Waals surface area contributed by atoms with Gasteiger partial charge in [-0.2, -0.15) is 9.94 Å². The molecule has 5 aromatic rings. The van der Waals surface area contributed by atoms with Crippen LogP contribution in [-0.2, 0) is 6.42 Å². The number of unbranched alkanes of at least 4 members (excludes halogenated alkanes) is 1. The zero-order chi connectivity index (χ0) is 25.1. The average molecular weight is 483 g/mol. The summed E-state index contributed by atoms with van der Waals surface area (Å²) in [6, 6.07) is 19.5. The first-order valence-corrected chi connectivity index (χ1v) is 11.5. The molecule has 0 spiro atoms. The number of hydrogen-bond donors (Lipinski definition) is 2. The van der Waals surface area contributed by atoms with Crippen molar-refractivity contribution in [2.75, 3.05) is 0 Å². The summed E-state index contributed by atoms with van der Waals surface area (Å²) < 4.78 is 6.79. The first-order chi connectivity index (χ1) is 17.6. The third-order valence-electron chi connectivity index (χ3n) is 5.83. The molecular formula is C26H22N6O4. The van der Waals surface area contributed by atoms with Gasteiger partial charge < -0.3 is 15.1 Å². The van der Waals surface area contributed by atoms with Gasteiger partial charge in [0.15, 0.2) is 5.52 Å². The molecule has 10 nitrogen and oxygen atoms in total. The Bertz CT molecular complexity index is 1530. The predicted octanol–water partition coefficient (Wildman–Crippen LogP) is 4.55. The topological polar surface area (TPSA) is 141 Å². The highest BCUT2D eigenvalue weighted by atomic mass is 16.5. The van der Waals surface area contributed by atoms with E-state index in [0.29, 0.717) is 23.7 Å². The molecule has 0 atom stereocenters. The van der Waals surface area contributed by atoms with Crippen molar-refractivity contribution in [2.45, 2.75) is 26.2 Å². The number of nitrogens with zero attached hydrogens (tertiary/aromatic N) is 5. The zero-order valence-corrected chi connectivity index (χ0v) is 19.4. The maximum absolute atomic E-state index is 13.2. The van der Waals surface area contributed by atoms with Crippen LogP contribution in [0.1, 0.15) is 35.8 Å². The molecule has 0 aliphatic rings. The van der Waals surface area contributed by atoms with E-state index in [4.69, 9.17) is 4.74 Å². The second-order valence-electron chi connectivity index (χ2n) is 8.15. The van der Waals surface area contributed by atoms with Crippen LogP contribution >= 0.6 is 0 Å². The lowest BCUT2D eigenvalue weighted by Gasteiger charge is -2.14. The molecule has 180 valence electrons. The maximum atomic E-state index is 13.2. The fourth-order valence-corrected chi connectivity index (χ4v) is 4.04. The number of aromatic amines is 1. The Morgan fingerprint density at radius 3 is 2.53 bits per heavy atom. The van der Waals surface area contributed by atoms with Crippen molar-refractivity contribution in [2.24, 2.45) is 0 Å². The van der Waals surface area contributed by atoms with E-state index < -0.39 is 5.97 Å². The van der Waals surface area contributed by atoms with Gasteiger partial charge in [0.05, 0.1) is 5.56 Å². The summed E-state index contributed by atoms with van der Waals surface area (Å²) in [4.78, 5) is 16.2. The van der Waals surface area contributed by atoms with Gasteiger partial charge in [0.1, 0.15) is 5.75 Å². The Kier molecular flexibility index (Phi) is 6.23. The normalized spacial score (nSPS) is 11.0. The number of aromatic carboxylic acids is 1. The average Bonchev–Trinajstić information content (AvgIpc) is 3.44. The summed E-state index contributed by atoms with van der Waals surface area (Å²) >= 11 is 0. The largest absolute Gasteiger partial charge is 0.618 e. The highest BCUT2D eigenvalue weighted by Crippen LogP contribution is 2.32. The van der Waals surface area contributed by atoms with Crippen molar-refractivity contribution < 1.29 is 19.4 Å². The van der Waals surface area contributed by atoms with Gasteiger partial charge in [-0.25, -0.2) is 9.78 Å². The van der Waals surface area contributed by atoms with Gasteiger partial charge in [0, 0.05) is 18.1 Å². The van der Waals surface area contributed by atoms with Crippen molar-refractivity contribution in [3.63, 3.8) is 0 Å². The lowest BCUT2D eigenvalue weighted by Crippen LogP contribution is -2.34. The Balaban J connectivity index is 1.53. The number of carbonyl (C=O) groups is 1. The van der Waals surface area contributed by atoms with E-state index in [0.717, 1.165) is 34.3 Å². The molecule has 0 unspecified atom stereocenters. The van der Waals surface area contributed by atoms with E-state index >= 15 is 0 Å². The number of aromatic nitrogens is 6.